The number of hydrogen-bond donors (Lipinski definition) is 1. The van der Waals surface area contributed by atoms with Gasteiger partial charge in [-0.2, -0.15) is 5.10 Å². The van der Waals surface area contributed by atoms with Crippen LogP contribution in [0.2, 0.25) is 0 Å². The van der Waals surface area contributed by atoms with E-state index in [0.717, 1.165) is 11.4 Å². The lowest BCUT2D eigenvalue weighted by Crippen LogP contribution is -2.01. The van der Waals surface area contributed by atoms with Gasteiger partial charge in [-0.3, -0.25) is 4.98 Å². The summed E-state index contributed by atoms with van der Waals surface area (Å²) in [5, 5.41) is 4.09. The van der Waals surface area contributed by atoms with Gasteiger partial charge in [-0.15, -0.1) is 0 Å². The maximum absolute atomic E-state index is 5.70. The van der Waals surface area contributed by atoms with Gasteiger partial charge < -0.3 is 5.73 Å². The predicted molar refractivity (Wildman–Crippen MR) is 50.5 cm³/mol. The zero-order valence-electron chi connectivity index (χ0n) is 7.31. The normalized spacial score (nSPS) is 10.2. The summed E-state index contributed by atoms with van der Waals surface area (Å²) >= 11 is 0. The number of aryl methyl sites for hydroxylation is 1. The van der Waals surface area contributed by atoms with Crippen molar-refractivity contribution in [2.75, 3.05) is 5.73 Å². The van der Waals surface area contributed by atoms with Crippen molar-refractivity contribution in [3.05, 3.63) is 36.3 Å². The number of hydrogen-bond acceptors (Lipinski definition) is 3. The minimum absolute atomic E-state index is 0.630. The molecule has 13 heavy (non-hydrogen) atoms. The van der Waals surface area contributed by atoms with Crippen molar-refractivity contribution in [3.63, 3.8) is 0 Å². The molecule has 0 aliphatic rings. The van der Waals surface area contributed by atoms with Crippen molar-refractivity contribution in [2.45, 2.75) is 6.92 Å². The highest BCUT2D eigenvalue weighted by molar-refractivity contribution is 5.40. The van der Waals surface area contributed by atoms with Crippen LogP contribution in [0.25, 0.3) is 5.69 Å². The molecule has 0 aromatic carbocycles. The van der Waals surface area contributed by atoms with E-state index >= 15 is 0 Å². The van der Waals surface area contributed by atoms with Crippen LogP contribution in [0, 0.1) is 6.92 Å². The number of nitrogens with zero attached hydrogens (tertiary/aromatic N) is 3. The Hall–Kier alpha value is -1.84. The minimum atomic E-state index is 0.630. The largest absolute Gasteiger partial charge is 0.384 e. The SMILES string of the molecule is Cc1cc(-n2nccc2N)ccn1. The molecule has 4 heteroatoms. The van der Waals surface area contributed by atoms with Crippen molar-refractivity contribution in [3.8, 4) is 5.69 Å². The Morgan fingerprint density at radius 3 is 2.77 bits per heavy atom. The second-order valence-electron chi connectivity index (χ2n) is 2.82. The van der Waals surface area contributed by atoms with Crippen LogP contribution >= 0.6 is 0 Å². The molecule has 0 bridgehead atoms. The van der Waals surface area contributed by atoms with E-state index in [1.54, 1.807) is 23.1 Å². The van der Waals surface area contributed by atoms with Crippen LogP contribution in [0.3, 0.4) is 0 Å². The molecule has 0 radical (unpaired) electrons. The molecular formula is C9H10N4. The second-order valence-corrected chi connectivity index (χ2v) is 2.82. The van der Waals surface area contributed by atoms with E-state index in [9.17, 15) is 0 Å². The Bertz CT molecular complexity index is 419. The van der Waals surface area contributed by atoms with Crippen molar-refractivity contribution in [1.29, 1.82) is 0 Å². The van der Waals surface area contributed by atoms with E-state index in [2.05, 4.69) is 10.1 Å². The van der Waals surface area contributed by atoms with Crippen LogP contribution in [-0.4, -0.2) is 14.8 Å². The summed E-state index contributed by atoms with van der Waals surface area (Å²) < 4.78 is 1.68. The van der Waals surface area contributed by atoms with Gasteiger partial charge in [0.05, 0.1) is 11.9 Å². The van der Waals surface area contributed by atoms with E-state index in [1.807, 2.05) is 19.1 Å². The third-order valence-electron chi connectivity index (χ3n) is 1.80. The lowest BCUT2D eigenvalue weighted by Gasteiger charge is -2.03. The summed E-state index contributed by atoms with van der Waals surface area (Å²) in [7, 11) is 0. The molecule has 0 amide bonds. The number of anilines is 1. The molecule has 0 spiro atoms. The fraction of sp³-hybridized carbons (Fsp3) is 0.111. The van der Waals surface area contributed by atoms with Gasteiger partial charge in [-0.25, -0.2) is 4.68 Å². The number of aromatic nitrogens is 3. The Kier molecular flexibility index (Phi) is 1.73. The van der Waals surface area contributed by atoms with Crippen LogP contribution in [0.15, 0.2) is 30.6 Å². The number of pyridine rings is 1. The smallest absolute Gasteiger partial charge is 0.127 e. The van der Waals surface area contributed by atoms with E-state index in [4.69, 9.17) is 5.73 Å². The standard InChI is InChI=1S/C9H10N4/c1-7-6-8(2-4-11-7)13-9(10)3-5-12-13/h2-6H,10H2,1H3. The van der Waals surface area contributed by atoms with Gasteiger partial charge in [-0.1, -0.05) is 0 Å². The molecule has 0 atom stereocenters. The first-order valence-corrected chi connectivity index (χ1v) is 4.00. The van der Waals surface area contributed by atoms with Gasteiger partial charge in [0.1, 0.15) is 5.82 Å². The second kappa shape index (κ2) is 2.90. The summed E-state index contributed by atoms with van der Waals surface area (Å²) in [6, 6.07) is 5.56. The van der Waals surface area contributed by atoms with Crippen LogP contribution < -0.4 is 5.73 Å². The first-order chi connectivity index (χ1) is 6.27. The van der Waals surface area contributed by atoms with E-state index in [-0.39, 0.29) is 0 Å². The molecule has 0 aliphatic heterocycles. The van der Waals surface area contributed by atoms with Gasteiger partial charge in [0.25, 0.3) is 0 Å². The molecule has 2 aromatic rings. The molecular weight excluding hydrogens is 164 g/mol. The highest BCUT2D eigenvalue weighted by Gasteiger charge is 2.00. The van der Waals surface area contributed by atoms with Gasteiger partial charge >= 0.3 is 0 Å². The molecule has 0 saturated carbocycles. The van der Waals surface area contributed by atoms with Crippen LogP contribution in [0.4, 0.5) is 5.82 Å². The molecule has 2 rings (SSSR count). The zero-order chi connectivity index (χ0) is 9.26. The summed E-state index contributed by atoms with van der Waals surface area (Å²) in [4.78, 5) is 4.10. The topological polar surface area (TPSA) is 56.7 Å². The Labute approximate surface area is 76.0 Å². The number of rotatable bonds is 1. The molecule has 2 N–H and O–H groups in total. The van der Waals surface area contributed by atoms with E-state index in [1.165, 1.54) is 0 Å². The molecule has 0 fully saturated rings. The summed E-state index contributed by atoms with van der Waals surface area (Å²) in [6.45, 7) is 1.93. The molecule has 0 unspecified atom stereocenters. The van der Waals surface area contributed by atoms with E-state index < -0.39 is 0 Å². The fourth-order valence-electron chi connectivity index (χ4n) is 1.19. The highest BCUT2D eigenvalue weighted by Crippen LogP contribution is 2.11. The Morgan fingerprint density at radius 2 is 2.15 bits per heavy atom. The van der Waals surface area contributed by atoms with Gasteiger partial charge in [0.15, 0.2) is 0 Å². The molecule has 4 nitrogen and oxygen atoms in total. The molecule has 0 aliphatic carbocycles. The predicted octanol–water partition coefficient (Wildman–Crippen LogP) is 1.16. The maximum Gasteiger partial charge on any atom is 0.127 e. The first-order valence-electron chi connectivity index (χ1n) is 4.00. The zero-order valence-corrected chi connectivity index (χ0v) is 7.31. The average Bonchev–Trinajstić information content (AvgIpc) is 2.51. The lowest BCUT2D eigenvalue weighted by molar-refractivity contribution is 0.885. The minimum Gasteiger partial charge on any atom is -0.384 e. The van der Waals surface area contributed by atoms with Crippen LogP contribution in [-0.2, 0) is 0 Å². The average molecular weight is 174 g/mol. The van der Waals surface area contributed by atoms with Gasteiger partial charge in [0, 0.05) is 18.0 Å². The van der Waals surface area contributed by atoms with Crippen LogP contribution in [0.5, 0.6) is 0 Å². The third-order valence-corrected chi connectivity index (χ3v) is 1.80. The van der Waals surface area contributed by atoms with Gasteiger partial charge in [0.2, 0.25) is 0 Å². The maximum atomic E-state index is 5.70. The lowest BCUT2D eigenvalue weighted by atomic mass is 10.3. The van der Waals surface area contributed by atoms with Crippen molar-refractivity contribution >= 4 is 5.82 Å². The highest BCUT2D eigenvalue weighted by atomic mass is 15.3. The molecule has 2 heterocycles. The van der Waals surface area contributed by atoms with Crippen molar-refractivity contribution in [1.82, 2.24) is 14.8 Å². The fourth-order valence-corrected chi connectivity index (χ4v) is 1.19. The van der Waals surface area contributed by atoms with Crippen LogP contribution in [0.1, 0.15) is 5.69 Å². The third kappa shape index (κ3) is 1.38. The molecule has 66 valence electrons. The molecule has 2 aromatic heterocycles. The summed E-state index contributed by atoms with van der Waals surface area (Å²) in [6.07, 6.45) is 3.41. The Balaban J connectivity index is 2.53. The van der Waals surface area contributed by atoms with Crippen molar-refractivity contribution in [2.24, 2.45) is 0 Å². The summed E-state index contributed by atoms with van der Waals surface area (Å²) in [5.74, 6) is 0.630. The number of nitrogens with two attached hydrogens (primary N) is 1. The van der Waals surface area contributed by atoms with E-state index in [0.29, 0.717) is 5.82 Å². The quantitative estimate of drug-likeness (QED) is 0.705. The number of nitrogen functional groups attached to an aromatic ring is 1. The first kappa shape index (κ1) is 7.79. The van der Waals surface area contributed by atoms with Gasteiger partial charge in [-0.05, 0) is 19.1 Å². The monoisotopic (exact) mass is 174 g/mol. The molecule has 0 saturated heterocycles. The Morgan fingerprint density at radius 1 is 1.31 bits per heavy atom. The van der Waals surface area contributed by atoms with Crippen molar-refractivity contribution < 1.29 is 0 Å². The summed E-state index contributed by atoms with van der Waals surface area (Å²) in [5.41, 5.74) is 7.59.